The maximum atomic E-state index is 13.2. The Morgan fingerprint density at radius 2 is 2.12 bits per heavy atom. The van der Waals surface area contributed by atoms with Gasteiger partial charge in [-0.3, -0.25) is 0 Å². The summed E-state index contributed by atoms with van der Waals surface area (Å²) in [6.07, 6.45) is 1.09. The molecular weight excluding hydrogens is 275 g/mol. The molecule has 1 heterocycles. The lowest BCUT2D eigenvalue weighted by Gasteiger charge is -2.11. The zero-order chi connectivity index (χ0) is 11.5. The first kappa shape index (κ1) is 11.4. The van der Waals surface area contributed by atoms with Crippen LogP contribution in [0.15, 0.2) is 45.5 Å². The second kappa shape index (κ2) is 4.80. The van der Waals surface area contributed by atoms with Gasteiger partial charge in [0, 0.05) is 6.42 Å². The smallest absolute Gasteiger partial charge is 0.137 e. The Morgan fingerprint density at radius 3 is 2.81 bits per heavy atom. The second-order valence-corrected chi connectivity index (χ2v) is 4.24. The first-order valence-corrected chi connectivity index (χ1v) is 5.62. The van der Waals surface area contributed by atoms with Crippen LogP contribution in [0.2, 0.25) is 0 Å². The summed E-state index contributed by atoms with van der Waals surface area (Å²) in [6.45, 7) is 0. The first-order chi connectivity index (χ1) is 7.68. The van der Waals surface area contributed by atoms with Crippen molar-refractivity contribution in [3.63, 3.8) is 0 Å². The molecule has 1 N–H and O–H groups in total. The van der Waals surface area contributed by atoms with Crippen LogP contribution in [0.3, 0.4) is 0 Å². The standard InChI is InChI=1S/C12H10BrFO2/c13-12-9(4-1-5-10(12)14)11(15)7-8-3-2-6-16-8/h1-6,11,15H,7H2. The van der Waals surface area contributed by atoms with Crippen molar-refractivity contribution >= 4 is 15.9 Å². The summed E-state index contributed by atoms with van der Waals surface area (Å²) in [5.41, 5.74) is 0.524. The average molecular weight is 285 g/mol. The summed E-state index contributed by atoms with van der Waals surface area (Å²) in [6, 6.07) is 8.12. The zero-order valence-corrected chi connectivity index (χ0v) is 9.95. The van der Waals surface area contributed by atoms with Gasteiger partial charge in [0.25, 0.3) is 0 Å². The minimum Gasteiger partial charge on any atom is -0.469 e. The molecule has 0 bridgehead atoms. The Labute approximate surface area is 101 Å². The van der Waals surface area contributed by atoms with E-state index in [0.717, 1.165) is 0 Å². The van der Waals surface area contributed by atoms with Crippen molar-refractivity contribution in [3.8, 4) is 0 Å². The molecule has 2 aromatic rings. The molecule has 0 aliphatic rings. The summed E-state index contributed by atoms with van der Waals surface area (Å²) in [4.78, 5) is 0. The minimum atomic E-state index is -0.781. The highest BCUT2D eigenvalue weighted by Gasteiger charge is 2.15. The van der Waals surface area contributed by atoms with Crippen LogP contribution in [0.5, 0.6) is 0 Å². The molecule has 84 valence electrons. The van der Waals surface area contributed by atoms with Gasteiger partial charge in [-0.2, -0.15) is 0 Å². The molecule has 1 unspecified atom stereocenters. The van der Waals surface area contributed by atoms with Crippen LogP contribution >= 0.6 is 15.9 Å². The van der Waals surface area contributed by atoms with E-state index < -0.39 is 6.10 Å². The second-order valence-electron chi connectivity index (χ2n) is 3.44. The van der Waals surface area contributed by atoms with Gasteiger partial charge < -0.3 is 9.52 Å². The lowest BCUT2D eigenvalue weighted by molar-refractivity contribution is 0.169. The van der Waals surface area contributed by atoms with Crippen molar-refractivity contribution in [1.29, 1.82) is 0 Å². The Balaban J connectivity index is 2.21. The van der Waals surface area contributed by atoms with Crippen LogP contribution in [-0.2, 0) is 6.42 Å². The Kier molecular flexibility index (Phi) is 3.41. The summed E-state index contributed by atoms with van der Waals surface area (Å²) >= 11 is 3.12. The average Bonchev–Trinajstić information content (AvgIpc) is 2.74. The van der Waals surface area contributed by atoms with Crippen molar-refractivity contribution in [1.82, 2.24) is 0 Å². The van der Waals surface area contributed by atoms with E-state index in [2.05, 4.69) is 15.9 Å². The predicted molar refractivity (Wildman–Crippen MR) is 61.5 cm³/mol. The maximum Gasteiger partial charge on any atom is 0.137 e. The maximum absolute atomic E-state index is 13.2. The van der Waals surface area contributed by atoms with Gasteiger partial charge in [0.2, 0.25) is 0 Å². The molecule has 1 aromatic carbocycles. The van der Waals surface area contributed by atoms with Gasteiger partial charge in [0.05, 0.1) is 16.8 Å². The Hall–Kier alpha value is -1.13. The van der Waals surface area contributed by atoms with Gasteiger partial charge in [-0.25, -0.2) is 4.39 Å². The van der Waals surface area contributed by atoms with E-state index in [4.69, 9.17) is 4.42 Å². The molecule has 2 nitrogen and oxygen atoms in total. The van der Waals surface area contributed by atoms with Gasteiger partial charge in [-0.1, -0.05) is 12.1 Å². The van der Waals surface area contributed by atoms with Crippen LogP contribution in [0, 0.1) is 5.82 Å². The lowest BCUT2D eigenvalue weighted by Crippen LogP contribution is -2.02. The van der Waals surface area contributed by atoms with Gasteiger partial charge in [-0.05, 0) is 39.7 Å². The van der Waals surface area contributed by atoms with E-state index in [-0.39, 0.29) is 5.82 Å². The highest BCUT2D eigenvalue weighted by molar-refractivity contribution is 9.10. The van der Waals surface area contributed by atoms with Crippen LogP contribution in [-0.4, -0.2) is 5.11 Å². The van der Waals surface area contributed by atoms with E-state index in [0.29, 0.717) is 22.2 Å². The molecule has 0 saturated heterocycles. The van der Waals surface area contributed by atoms with Crippen LogP contribution < -0.4 is 0 Å². The quantitative estimate of drug-likeness (QED) is 0.937. The molecule has 0 amide bonds. The Bertz CT molecular complexity index is 468. The van der Waals surface area contributed by atoms with Crippen molar-refractivity contribution in [2.45, 2.75) is 12.5 Å². The minimum absolute atomic E-state index is 0.300. The number of hydrogen-bond donors (Lipinski definition) is 1. The van der Waals surface area contributed by atoms with E-state index in [1.165, 1.54) is 6.07 Å². The number of aliphatic hydroxyl groups excluding tert-OH is 1. The summed E-state index contributed by atoms with van der Waals surface area (Å²) < 4.78 is 18.7. The van der Waals surface area contributed by atoms with E-state index in [1.54, 1.807) is 30.5 Å². The highest BCUT2D eigenvalue weighted by Crippen LogP contribution is 2.28. The third kappa shape index (κ3) is 2.33. The summed E-state index contributed by atoms with van der Waals surface area (Å²) in [5.74, 6) is 0.291. The van der Waals surface area contributed by atoms with Crippen molar-refractivity contribution in [3.05, 3.63) is 58.2 Å². The number of benzene rings is 1. The molecule has 4 heteroatoms. The number of aliphatic hydroxyl groups is 1. The monoisotopic (exact) mass is 284 g/mol. The molecule has 0 aliphatic carbocycles. The van der Waals surface area contributed by atoms with E-state index in [9.17, 15) is 9.50 Å². The summed E-state index contributed by atoms with van der Waals surface area (Å²) in [5, 5.41) is 9.94. The third-order valence-corrected chi connectivity index (χ3v) is 3.15. The number of rotatable bonds is 3. The molecule has 2 rings (SSSR count). The van der Waals surface area contributed by atoms with Gasteiger partial charge in [0.15, 0.2) is 0 Å². The number of halogens is 2. The van der Waals surface area contributed by atoms with Gasteiger partial charge in [0.1, 0.15) is 11.6 Å². The fraction of sp³-hybridized carbons (Fsp3) is 0.167. The zero-order valence-electron chi connectivity index (χ0n) is 8.36. The van der Waals surface area contributed by atoms with Crippen molar-refractivity contribution in [2.75, 3.05) is 0 Å². The van der Waals surface area contributed by atoms with Crippen LogP contribution in [0.1, 0.15) is 17.4 Å². The molecule has 0 radical (unpaired) electrons. The topological polar surface area (TPSA) is 33.4 Å². The third-order valence-electron chi connectivity index (χ3n) is 2.32. The van der Waals surface area contributed by atoms with Gasteiger partial charge in [-0.15, -0.1) is 0 Å². The molecule has 1 atom stereocenters. The number of hydrogen-bond acceptors (Lipinski definition) is 2. The van der Waals surface area contributed by atoms with Crippen LogP contribution in [0.4, 0.5) is 4.39 Å². The van der Waals surface area contributed by atoms with Crippen LogP contribution in [0.25, 0.3) is 0 Å². The SMILES string of the molecule is OC(Cc1ccco1)c1cccc(F)c1Br. The van der Waals surface area contributed by atoms with E-state index >= 15 is 0 Å². The molecule has 0 spiro atoms. The molecule has 0 aliphatic heterocycles. The van der Waals surface area contributed by atoms with Crippen molar-refractivity contribution < 1.29 is 13.9 Å². The fourth-order valence-electron chi connectivity index (χ4n) is 1.51. The molecular formula is C12H10BrFO2. The largest absolute Gasteiger partial charge is 0.469 e. The summed E-state index contributed by atoms with van der Waals surface area (Å²) in [7, 11) is 0. The van der Waals surface area contributed by atoms with Gasteiger partial charge >= 0.3 is 0 Å². The molecule has 0 fully saturated rings. The normalized spacial score (nSPS) is 12.7. The highest BCUT2D eigenvalue weighted by atomic mass is 79.9. The molecule has 1 aromatic heterocycles. The fourth-order valence-corrected chi connectivity index (χ4v) is 2.04. The number of furan rings is 1. The predicted octanol–water partition coefficient (Wildman–Crippen LogP) is 3.46. The molecule has 0 saturated carbocycles. The first-order valence-electron chi connectivity index (χ1n) is 4.83. The lowest BCUT2D eigenvalue weighted by atomic mass is 10.1. The molecule has 16 heavy (non-hydrogen) atoms. The van der Waals surface area contributed by atoms with Crippen molar-refractivity contribution in [2.24, 2.45) is 0 Å². The Morgan fingerprint density at radius 1 is 1.31 bits per heavy atom. The van der Waals surface area contributed by atoms with E-state index in [1.807, 2.05) is 0 Å².